The number of anilines is 1. The molecule has 1 atom stereocenters. The van der Waals surface area contributed by atoms with Gasteiger partial charge in [-0.15, -0.1) is 0 Å². The average Bonchev–Trinajstić information content (AvgIpc) is 2.41. The number of nitrogens with one attached hydrogen (secondary N) is 1. The number of piperidine rings is 1. The van der Waals surface area contributed by atoms with Gasteiger partial charge in [-0.3, -0.25) is 9.69 Å². The zero-order valence-electron chi connectivity index (χ0n) is 11.3. The number of carbonyl (C=O) groups excluding carboxylic acids is 1. The molecule has 1 aliphatic rings. The first-order valence-electron chi connectivity index (χ1n) is 6.57. The van der Waals surface area contributed by atoms with Gasteiger partial charge in [0.15, 0.2) is 0 Å². The SMILES string of the molecule is CC1CN(CC(=O)Nc2ccc(F)cc2)CC/C1=N\O. The summed E-state index contributed by atoms with van der Waals surface area (Å²) >= 11 is 0. The standard InChI is InChI=1S/C14H18FN3O2/c1-10-8-18(7-6-13(10)17-20)9-14(19)16-12-4-2-11(15)3-5-12/h2-5,10,20H,6-9H2,1H3,(H,16,19)/b17-13+. The predicted octanol–water partition coefficient (Wildman–Crippen LogP) is 1.94. The molecule has 1 aromatic carbocycles. The highest BCUT2D eigenvalue weighted by atomic mass is 19.1. The van der Waals surface area contributed by atoms with E-state index in [-0.39, 0.29) is 24.2 Å². The van der Waals surface area contributed by atoms with Gasteiger partial charge < -0.3 is 10.5 Å². The topological polar surface area (TPSA) is 64.9 Å². The van der Waals surface area contributed by atoms with E-state index in [0.717, 1.165) is 5.71 Å². The molecular formula is C14H18FN3O2. The average molecular weight is 279 g/mol. The summed E-state index contributed by atoms with van der Waals surface area (Å²) in [5.74, 6) is -0.316. The third kappa shape index (κ3) is 3.77. The molecule has 2 N–H and O–H groups in total. The summed E-state index contributed by atoms with van der Waals surface area (Å²) in [6.07, 6.45) is 0.668. The summed E-state index contributed by atoms with van der Waals surface area (Å²) in [5.41, 5.74) is 1.36. The first kappa shape index (κ1) is 14.5. The third-order valence-electron chi connectivity index (χ3n) is 3.41. The molecule has 108 valence electrons. The monoisotopic (exact) mass is 279 g/mol. The Balaban J connectivity index is 1.84. The van der Waals surface area contributed by atoms with Crippen LogP contribution in [-0.2, 0) is 4.79 Å². The molecule has 0 bridgehead atoms. The Morgan fingerprint density at radius 2 is 2.20 bits per heavy atom. The molecule has 0 aliphatic carbocycles. The maximum Gasteiger partial charge on any atom is 0.238 e. The number of amides is 1. The van der Waals surface area contributed by atoms with E-state index in [1.807, 2.05) is 11.8 Å². The van der Waals surface area contributed by atoms with Crippen molar-refractivity contribution in [2.75, 3.05) is 25.0 Å². The second kappa shape index (κ2) is 6.47. The van der Waals surface area contributed by atoms with Crippen LogP contribution >= 0.6 is 0 Å². The zero-order valence-corrected chi connectivity index (χ0v) is 11.3. The first-order valence-corrected chi connectivity index (χ1v) is 6.57. The maximum absolute atomic E-state index is 12.8. The molecule has 6 heteroatoms. The Bertz CT molecular complexity index is 502. The molecule has 1 unspecified atom stereocenters. The fourth-order valence-electron chi connectivity index (χ4n) is 2.33. The van der Waals surface area contributed by atoms with Crippen LogP contribution in [0.4, 0.5) is 10.1 Å². The molecule has 20 heavy (non-hydrogen) atoms. The van der Waals surface area contributed by atoms with Crippen molar-refractivity contribution >= 4 is 17.3 Å². The molecule has 0 radical (unpaired) electrons. The lowest BCUT2D eigenvalue weighted by molar-refractivity contribution is -0.117. The number of likely N-dealkylation sites (tertiary alicyclic amines) is 1. The molecule has 1 aromatic rings. The van der Waals surface area contributed by atoms with Gasteiger partial charge in [0, 0.05) is 31.1 Å². The molecule has 0 saturated carbocycles. The van der Waals surface area contributed by atoms with E-state index in [1.54, 1.807) is 0 Å². The van der Waals surface area contributed by atoms with Gasteiger partial charge in [0.25, 0.3) is 0 Å². The largest absolute Gasteiger partial charge is 0.411 e. The van der Waals surface area contributed by atoms with Crippen LogP contribution < -0.4 is 5.32 Å². The molecule has 1 amide bonds. The molecule has 0 aromatic heterocycles. The smallest absolute Gasteiger partial charge is 0.238 e. The van der Waals surface area contributed by atoms with Crippen LogP contribution in [0.2, 0.25) is 0 Å². The van der Waals surface area contributed by atoms with Gasteiger partial charge in [0.1, 0.15) is 5.82 Å². The molecule has 1 heterocycles. The number of halogens is 1. The highest BCUT2D eigenvalue weighted by molar-refractivity contribution is 5.92. The number of oxime groups is 1. The quantitative estimate of drug-likeness (QED) is 0.656. The summed E-state index contributed by atoms with van der Waals surface area (Å²) < 4.78 is 12.8. The number of benzene rings is 1. The van der Waals surface area contributed by atoms with Gasteiger partial charge in [-0.25, -0.2) is 4.39 Å². The van der Waals surface area contributed by atoms with Crippen LogP contribution in [0.3, 0.4) is 0 Å². The highest BCUT2D eigenvalue weighted by Crippen LogP contribution is 2.14. The number of carbonyl (C=O) groups is 1. The van der Waals surface area contributed by atoms with Gasteiger partial charge >= 0.3 is 0 Å². The molecule has 2 rings (SSSR count). The van der Waals surface area contributed by atoms with E-state index >= 15 is 0 Å². The molecule has 5 nitrogen and oxygen atoms in total. The van der Waals surface area contributed by atoms with Gasteiger partial charge in [-0.05, 0) is 24.3 Å². The van der Waals surface area contributed by atoms with Crippen molar-refractivity contribution in [2.24, 2.45) is 11.1 Å². The highest BCUT2D eigenvalue weighted by Gasteiger charge is 2.23. The van der Waals surface area contributed by atoms with Crippen molar-refractivity contribution in [1.82, 2.24) is 4.90 Å². The van der Waals surface area contributed by atoms with Crippen molar-refractivity contribution in [3.05, 3.63) is 30.1 Å². The Hall–Kier alpha value is -1.95. The normalized spacial score (nSPS) is 21.9. The van der Waals surface area contributed by atoms with Crippen molar-refractivity contribution in [2.45, 2.75) is 13.3 Å². The third-order valence-corrected chi connectivity index (χ3v) is 3.41. The first-order chi connectivity index (χ1) is 9.58. The van der Waals surface area contributed by atoms with Gasteiger partial charge in [0.05, 0.1) is 12.3 Å². The van der Waals surface area contributed by atoms with Crippen molar-refractivity contribution in [3.63, 3.8) is 0 Å². The Kier molecular flexibility index (Phi) is 4.68. The molecular weight excluding hydrogens is 261 g/mol. The van der Waals surface area contributed by atoms with Crippen molar-refractivity contribution < 1.29 is 14.4 Å². The predicted molar refractivity (Wildman–Crippen MR) is 74.5 cm³/mol. The zero-order chi connectivity index (χ0) is 14.5. The lowest BCUT2D eigenvalue weighted by atomic mass is 9.98. The van der Waals surface area contributed by atoms with E-state index in [4.69, 9.17) is 5.21 Å². The maximum atomic E-state index is 12.8. The summed E-state index contributed by atoms with van der Waals surface area (Å²) in [7, 11) is 0. The molecule has 1 aliphatic heterocycles. The number of nitrogens with zero attached hydrogens (tertiary/aromatic N) is 2. The summed E-state index contributed by atoms with van der Waals surface area (Å²) in [6, 6.07) is 5.68. The van der Waals surface area contributed by atoms with Crippen LogP contribution in [0.15, 0.2) is 29.4 Å². The molecule has 1 fully saturated rings. The van der Waals surface area contributed by atoms with Crippen LogP contribution in [0.1, 0.15) is 13.3 Å². The van der Waals surface area contributed by atoms with Crippen LogP contribution in [-0.4, -0.2) is 41.4 Å². The lowest BCUT2D eigenvalue weighted by Gasteiger charge is -2.30. The van der Waals surface area contributed by atoms with Crippen LogP contribution in [0.5, 0.6) is 0 Å². The molecule has 1 saturated heterocycles. The molecule has 0 spiro atoms. The second-order valence-corrected chi connectivity index (χ2v) is 5.03. The van der Waals surface area contributed by atoms with E-state index in [1.165, 1.54) is 24.3 Å². The van der Waals surface area contributed by atoms with Gasteiger partial charge in [0.2, 0.25) is 5.91 Å². The van der Waals surface area contributed by atoms with E-state index in [2.05, 4.69) is 10.5 Å². The van der Waals surface area contributed by atoms with Crippen molar-refractivity contribution in [3.8, 4) is 0 Å². The Morgan fingerprint density at radius 3 is 2.80 bits per heavy atom. The van der Waals surface area contributed by atoms with Crippen LogP contribution in [0.25, 0.3) is 0 Å². The fraction of sp³-hybridized carbons (Fsp3) is 0.429. The number of hydrogen-bond acceptors (Lipinski definition) is 4. The minimum Gasteiger partial charge on any atom is -0.411 e. The van der Waals surface area contributed by atoms with E-state index < -0.39 is 0 Å². The summed E-state index contributed by atoms with van der Waals surface area (Å²) in [4.78, 5) is 13.9. The second-order valence-electron chi connectivity index (χ2n) is 5.03. The minimum atomic E-state index is -0.330. The van der Waals surface area contributed by atoms with Crippen molar-refractivity contribution in [1.29, 1.82) is 0 Å². The summed E-state index contributed by atoms with van der Waals surface area (Å²) in [5, 5.41) is 14.8. The van der Waals surface area contributed by atoms with Gasteiger partial charge in [-0.2, -0.15) is 0 Å². The Morgan fingerprint density at radius 1 is 1.50 bits per heavy atom. The number of hydrogen-bond donors (Lipinski definition) is 2. The summed E-state index contributed by atoms with van der Waals surface area (Å²) in [6.45, 7) is 3.64. The van der Waals surface area contributed by atoms with E-state index in [9.17, 15) is 9.18 Å². The fourth-order valence-corrected chi connectivity index (χ4v) is 2.33. The van der Waals surface area contributed by atoms with Gasteiger partial charge in [-0.1, -0.05) is 12.1 Å². The lowest BCUT2D eigenvalue weighted by Crippen LogP contribution is -2.43. The number of rotatable bonds is 3. The van der Waals surface area contributed by atoms with Crippen LogP contribution in [0, 0.1) is 11.7 Å². The minimum absolute atomic E-state index is 0.131. The Labute approximate surface area is 117 Å². The van der Waals surface area contributed by atoms with E-state index in [0.29, 0.717) is 25.2 Å².